The molecule has 7 heteroatoms. The van der Waals surface area contributed by atoms with Crippen LogP contribution >= 0.6 is 24.0 Å². The van der Waals surface area contributed by atoms with Crippen LogP contribution < -0.4 is 15.5 Å². The molecule has 1 unspecified atom stereocenters. The van der Waals surface area contributed by atoms with Crippen molar-refractivity contribution in [1.29, 1.82) is 0 Å². The molecule has 2 heterocycles. The zero-order chi connectivity index (χ0) is 16.5. The summed E-state index contributed by atoms with van der Waals surface area (Å²) in [6.45, 7) is 8.52. The van der Waals surface area contributed by atoms with E-state index in [0.717, 1.165) is 56.5 Å². The van der Waals surface area contributed by atoms with E-state index in [1.165, 1.54) is 6.42 Å². The van der Waals surface area contributed by atoms with Crippen LogP contribution in [0.4, 0.5) is 5.82 Å². The lowest BCUT2D eigenvalue weighted by Gasteiger charge is -2.32. The number of aromatic nitrogens is 1. The van der Waals surface area contributed by atoms with Crippen LogP contribution in [0.15, 0.2) is 23.3 Å². The highest BCUT2D eigenvalue weighted by molar-refractivity contribution is 14.0. The molecule has 6 nitrogen and oxygen atoms in total. The second-order valence-corrected chi connectivity index (χ2v) is 5.86. The molecule has 24 heavy (non-hydrogen) atoms. The largest absolute Gasteiger partial charge is 0.375 e. The molecule has 0 amide bonds. The molecule has 0 spiro atoms. The van der Waals surface area contributed by atoms with E-state index in [0.29, 0.717) is 0 Å². The van der Waals surface area contributed by atoms with E-state index in [2.05, 4.69) is 51.5 Å². The molecule has 0 saturated carbocycles. The minimum absolute atomic E-state index is 0. The molecule has 0 radical (unpaired) electrons. The molecule has 0 bridgehead atoms. The normalized spacial score (nSPS) is 18.0. The maximum absolute atomic E-state index is 5.57. The number of unbranched alkanes of at least 4 members (excludes halogenated alkanes) is 1. The molecule has 1 saturated heterocycles. The van der Waals surface area contributed by atoms with Crippen molar-refractivity contribution in [3.8, 4) is 0 Å². The van der Waals surface area contributed by atoms with Gasteiger partial charge in [-0.25, -0.2) is 4.98 Å². The number of anilines is 1. The molecule has 1 atom stereocenters. The number of hydrogen-bond donors (Lipinski definition) is 2. The monoisotopic (exact) mass is 447 g/mol. The Hall–Kier alpha value is -1.09. The van der Waals surface area contributed by atoms with Gasteiger partial charge in [-0.3, -0.25) is 4.99 Å². The minimum Gasteiger partial charge on any atom is -0.375 e. The summed E-state index contributed by atoms with van der Waals surface area (Å²) in [4.78, 5) is 11.1. The van der Waals surface area contributed by atoms with Gasteiger partial charge in [0.1, 0.15) is 5.82 Å². The second kappa shape index (κ2) is 11.5. The first-order valence-corrected chi connectivity index (χ1v) is 8.49. The first-order chi connectivity index (χ1) is 11.2. The number of nitrogens with one attached hydrogen (secondary N) is 2. The molecule has 0 aromatic carbocycles. The van der Waals surface area contributed by atoms with Gasteiger partial charge in [0.25, 0.3) is 0 Å². The van der Waals surface area contributed by atoms with Gasteiger partial charge in [0, 0.05) is 39.4 Å². The third-order valence-electron chi connectivity index (χ3n) is 3.88. The highest BCUT2D eigenvalue weighted by Crippen LogP contribution is 2.15. The van der Waals surface area contributed by atoms with E-state index in [-0.39, 0.29) is 30.1 Å². The van der Waals surface area contributed by atoms with Crippen molar-refractivity contribution in [2.45, 2.75) is 39.3 Å². The standard InChI is InChI=1S/C17H29N5O.HI/c1-4-5-8-19-17(18-3)21-12-15-6-7-16(20-11-15)22-9-10-23-14(2)13-22;/h6-7,11,14H,4-5,8-10,12-13H2,1-3H3,(H2,18,19,21);1H. The van der Waals surface area contributed by atoms with Crippen LogP contribution in [0.2, 0.25) is 0 Å². The summed E-state index contributed by atoms with van der Waals surface area (Å²) in [5.41, 5.74) is 1.15. The fourth-order valence-corrected chi connectivity index (χ4v) is 2.52. The van der Waals surface area contributed by atoms with Crippen molar-refractivity contribution in [3.63, 3.8) is 0 Å². The molecule has 0 aliphatic carbocycles. The molecule has 1 aromatic heterocycles. The number of ether oxygens (including phenoxy) is 1. The maximum atomic E-state index is 5.57. The van der Waals surface area contributed by atoms with E-state index < -0.39 is 0 Å². The van der Waals surface area contributed by atoms with Crippen molar-refractivity contribution in [1.82, 2.24) is 15.6 Å². The zero-order valence-corrected chi connectivity index (χ0v) is 17.2. The molecule has 1 aliphatic rings. The Labute approximate surface area is 162 Å². The maximum Gasteiger partial charge on any atom is 0.191 e. The Bertz CT molecular complexity index is 494. The van der Waals surface area contributed by atoms with Gasteiger partial charge in [0.2, 0.25) is 0 Å². The minimum atomic E-state index is 0. The Balaban J connectivity index is 0.00000288. The van der Waals surface area contributed by atoms with Gasteiger partial charge in [0.05, 0.1) is 12.7 Å². The average molecular weight is 447 g/mol. The number of halogens is 1. The Morgan fingerprint density at radius 3 is 2.88 bits per heavy atom. The van der Waals surface area contributed by atoms with Gasteiger partial charge in [-0.1, -0.05) is 19.4 Å². The smallest absolute Gasteiger partial charge is 0.191 e. The number of rotatable bonds is 6. The summed E-state index contributed by atoms with van der Waals surface area (Å²) in [6, 6.07) is 4.21. The average Bonchev–Trinajstić information content (AvgIpc) is 2.58. The number of aliphatic imine (C=N–C) groups is 1. The van der Waals surface area contributed by atoms with Crippen molar-refractivity contribution >= 4 is 35.8 Å². The fraction of sp³-hybridized carbons (Fsp3) is 0.647. The van der Waals surface area contributed by atoms with E-state index >= 15 is 0 Å². The highest BCUT2D eigenvalue weighted by Gasteiger charge is 2.17. The van der Waals surface area contributed by atoms with Crippen LogP contribution in [-0.4, -0.2) is 50.3 Å². The van der Waals surface area contributed by atoms with E-state index in [1.54, 1.807) is 7.05 Å². The Kier molecular flexibility index (Phi) is 10.0. The topological polar surface area (TPSA) is 61.8 Å². The molecule has 136 valence electrons. The lowest BCUT2D eigenvalue weighted by Crippen LogP contribution is -2.41. The first kappa shape index (κ1) is 21.0. The van der Waals surface area contributed by atoms with E-state index in [1.807, 2.05) is 6.20 Å². The van der Waals surface area contributed by atoms with Gasteiger partial charge in [-0.2, -0.15) is 0 Å². The van der Waals surface area contributed by atoms with Crippen LogP contribution in [0, 0.1) is 0 Å². The summed E-state index contributed by atoms with van der Waals surface area (Å²) in [5, 5.41) is 6.62. The molecular weight excluding hydrogens is 417 g/mol. The molecular formula is C17H30IN5O. The summed E-state index contributed by atoms with van der Waals surface area (Å²) in [5.74, 6) is 1.86. The van der Waals surface area contributed by atoms with Crippen molar-refractivity contribution in [2.24, 2.45) is 4.99 Å². The predicted octanol–water partition coefficient (Wildman–Crippen LogP) is 2.39. The number of morpholine rings is 1. The molecule has 1 aliphatic heterocycles. The molecule has 2 N–H and O–H groups in total. The Morgan fingerprint density at radius 1 is 1.42 bits per heavy atom. The number of guanidine groups is 1. The second-order valence-electron chi connectivity index (χ2n) is 5.86. The summed E-state index contributed by atoms with van der Waals surface area (Å²) < 4.78 is 5.57. The lowest BCUT2D eigenvalue weighted by atomic mass is 10.2. The van der Waals surface area contributed by atoms with Crippen LogP contribution in [0.5, 0.6) is 0 Å². The van der Waals surface area contributed by atoms with Crippen molar-refractivity contribution < 1.29 is 4.74 Å². The summed E-state index contributed by atoms with van der Waals surface area (Å²) in [7, 11) is 1.79. The van der Waals surface area contributed by atoms with Crippen molar-refractivity contribution in [3.05, 3.63) is 23.9 Å². The molecule has 1 fully saturated rings. The highest BCUT2D eigenvalue weighted by atomic mass is 127. The van der Waals surface area contributed by atoms with Gasteiger partial charge in [0.15, 0.2) is 5.96 Å². The van der Waals surface area contributed by atoms with Crippen LogP contribution in [-0.2, 0) is 11.3 Å². The van der Waals surface area contributed by atoms with Crippen molar-refractivity contribution in [2.75, 3.05) is 38.2 Å². The van der Waals surface area contributed by atoms with Gasteiger partial charge in [-0.05, 0) is 25.0 Å². The van der Waals surface area contributed by atoms with Gasteiger partial charge in [-0.15, -0.1) is 24.0 Å². The molecule has 1 aromatic rings. The SMILES string of the molecule is CCCCNC(=NC)NCc1ccc(N2CCOC(C)C2)nc1.I. The number of hydrogen-bond acceptors (Lipinski definition) is 4. The van der Waals surface area contributed by atoms with Gasteiger partial charge >= 0.3 is 0 Å². The quantitative estimate of drug-likeness (QED) is 0.304. The van der Waals surface area contributed by atoms with E-state index in [9.17, 15) is 0 Å². The third kappa shape index (κ3) is 6.80. The van der Waals surface area contributed by atoms with Crippen LogP contribution in [0.3, 0.4) is 0 Å². The summed E-state index contributed by atoms with van der Waals surface area (Å²) >= 11 is 0. The van der Waals surface area contributed by atoms with Crippen LogP contribution in [0.1, 0.15) is 32.3 Å². The predicted molar refractivity (Wildman–Crippen MR) is 110 cm³/mol. The number of pyridine rings is 1. The Morgan fingerprint density at radius 2 is 2.25 bits per heavy atom. The number of nitrogens with zero attached hydrogens (tertiary/aromatic N) is 3. The van der Waals surface area contributed by atoms with E-state index in [4.69, 9.17) is 4.74 Å². The van der Waals surface area contributed by atoms with Gasteiger partial charge < -0.3 is 20.3 Å². The first-order valence-electron chi connectivity index (χ1n) is 8.49. The molecule has 2 rings (SSSR count). The summed E-state index contributed by atoms with van der Waals surface area (Å²) in [6.07, 6.45) is 4.52. The van der Waals surface area contributed by atoms with Crippen LogP contribution in [0.25, 0.3) is 0 Å². The zero-order valence-electron chi connectivity index (χ0n) is 14.9. The lowest BCUT2D eigenvalue weighted by molar-refractivity contribution is 0.0529. The third-order valence-corrected chi connectivity index (χ3v) is 3.88. The fourth-order valence-electron chi connectivity index (χ4n) is 2.52.